The zero-order valence-electron chi connectivity index (χ0n) is 9.86. The molecule has 1 aromatic rings. The molecular formula is C11H21N3S. The van der Waals surface area contributed by atoms with Crippen molar-refractivity contribution in [1.82, 2.24) is 9.88 Å². The van der Waals surface area contributed by atoms with E-state index in [-0.39, 0.29) is 5.54 Å². The zero-order valence-corrected chi connectivity index (χ0v) is 10.7. The first-order chi connectivity index (χ1) is 7.03. The predicted octanol–water partition coefficient (Wildman–Crippen LogP) is 2.09. The third kappa shape index (κ3) is 4.73. The van der Waals surface area contributed by atoms with Gasteiger partial charge in [0, 0.05) is 24.0 Å². The summed E-state index contributed by atoms with van der Waals surface area (Å²) < 4.78 is 0. The molecule has 15 heavy (non-hydrogen) atoms. The summed E-state index contributed by atoms with van der Waals surface area (Å²) >= 11 is 1.64. The molecule has 0 bridgehead atoms. The topological polar surface area (TPSA) is 42.1 Å². The lowest BCUT2D eigenvalue weighted by molar-refractivity contribution is 0.239. The fourth-order valence-corrected chi connectivity index (χ4v) is 2.46. The highest BCUT2D eigenvalue weighted by Crippen LogP contribution is 2.12. The molecule has 0 amide bonds. The highest BCUT2D eigenvalue weighted by Gasteiger charge is 2.19. The van der Waals surface area contributed by atoms with Crippen molar-refractivity contribution in [1.29, 1.82) is 0 Å². The molecule has 0 fully saturated rings. The number of likely N-dealkylation sites (N-methyl/N-ethyl adjacent to an activating group) is 1. The third-order valence-electron chi connectivity index (χ3n) is 2.37. The Morgan fingerprint density at radius 1 is 1.60 bits per heavy atom. The van der Waals surface area contributed by atoms with Gasteiger partial charge in [0.25, 0.3) is 0 Å². The highest BCUT2D eigenvalue weighted by atomic mass is 32.1. The number of nitrogens with zero attached hydrogens (tertiary/aromatic N) is 2. The van der Waals surface area contributed by atoms with Crippen LogP contribution >= 0.6 is 11.3 Å². The van der Waals surface area contributed by atoms with E-state index in [0.29, 0.717) is 0 Å². The Kier molecular flexibility index (Phi) is 4.70. The summed E-state index contributed by atoms with van der Waals surface area (Å²) in [6, 6.07) is 0. The summed E-state index contributed by atoms with van der Waals surface area (Å²) in [5.41, 5.74) is 9.12. The first kappa shape index (κ1) is 12.6. The lowest BCUT2D eigenvalue weighted by Gasteiger charge is -2.29. The molecule has 1 rings (SSSR count). The van der Waals surface area contributed by atoms with Crippen LogP contribution in [0.4, 0.5) is 0 Å². The van der Waals surface area contributed by atoms with Gasteiger partial charge in [-0.1, -0.05) is 13.3 Å². The SMILES string of the molecule is CCCC(C)(N)CN(C)Cc1cscn1. The van der Waals surface area contributed by atoms with Crippen molar-refractivity contribution in [3.05, 3.63) is 16.6 Å². The molecule has 0 aromatic carbocycles. The average Bonchev–Trinajstić information content (AvgIpc) is 2.54. The molecule has 1 heterocycles. The lowest BCUT2D eigenvalue weighted by Crippen LogP contribution is -2.46. The van der Waals surface area contributed by atoms with Crippen molar-refractivity contribution in [2.75, 3.05) is 13.6 Å². The van der Waals surface area contributed by atoms with Gasteiger partial charge in [-0.15, -0.1) is 11.3 Å². The number of nitrogens with two attached hydrogens (primary N) is 1. The Morgan fingerprint density at radius 3 is 2.87 bits per heavy atom. The minimum Gasteiger partial charge on any atom is -0.324 e. The first-order valence-corrected chi connectivity index (χ1v) is 6.32. The van der Waals surface area contributed by atoms with E-state index in [1.165, 1.54) is 0 Å². The molecule has 3 nitrogen and oxygen atoms in total. The third-order valence-corrected chi connectivity index (χ3v) is 3.00. The van der Waals surface area contributed by atoms with E-state index in [1.54, 1.807) is 11.3 Å². The summed E-state index contributed by atoms with van der Waals surface area (Å²) in [6.45, 7) is 6.10. The van der Waals surface area contributed by atoms with Crippen LogP contribution in [0.3, 0.4) is 0 Å². The fraction of sp³-hybridized carbons (Fsp3) is 0.727. The zero-order chi connectivity index (χ0) is 11.3. The van der Waals surface area contributed by atoms with Gasteiger partial charge in [0.1, 0.15) is 0 Å². The van der Waals surface area contributed by atoms with Crippen LogP contribution in [0.25, 0.3) is 0 Å². The molecule has 0 aliphatic heterocycles. The molecule has 4 heteroatoms. The largest absolute Gasteiger partial charge is 0.324 e. The molecule has 0 aliphatic carbocycles. The van der Waals surface area contributed by atoms with Crippen LogP contribution in [0.2, 0.25) is 0 Å². The lowest BCUT2D eigenvalue weighted by atomic mass is 9.97. The molecule has 0 saturated carbocycles. The summed E-state index contributed by atoms with van der Waals surface area (Å²) in [5.74, 6) is 0. The van der Waals surface area contributed by atoms with E-state index in [1.807, 2.05) is 5.51 Å². The molecule has 2 N–H and O–H groups in total. The van der Waals surface area contributed by atoms with Crippen LogP contribution < -0.4 is 5.73 Å². The monoisotopic (exact) mass is 227 g/mol. The number of hydrogen-bond acceptors (Lipinski definition) is 4. The average molecular weight is 227 g/mol. The van der Waals surface area contributed by atoms with Crippen LogP contribution in [0.1, 0.15) is 32.4 Å². The highest BCUT2D eigenvalue weighted by molar-refractivity contribution is 7.07. The molecule has 1 unspecified atom stereocenters. The quantitative estimate of drug-likeness (QED) is 0.809. The molecule has 1 aromatic heterocycles. The van der Waals surface area contributed by atoms with E-state index < -0.39 is 0 Å². The molecule has 0 spiro atoms. The van der Waals surface area contributed by atoms with E-state index in [9.17, 15) is 0 Å². The van der Waals surface area contributed by atoms with Crippen molar-refractivity contribution in [3.63, 3.8) is 0 Å². The van der Waals surface area contributed by atoms with Crippen LogP contribution in [0.15, 0.2) is 10.9 Å². The molecule has 0 radical (unpaired) electrons. The number of rotatable bonds is 6. The van der Waals surface area contributed by atoms with Crippen molar-refractivity contribution in [2.24, 2.45) is 5.73 Å². The van der Waals surface area contributed by atoms with Gasteiger partial charge in [0.05, 0.1) is 11.2 Å². The van der Waals surface area contributed by atoms with Crippen molar-refractivity contribution in [3.8, 4) is 0 Å². The molecule has 0 aliphatic rings. The summed E-state index contributed by atoms with van der Waals surface area (Å²) in [6.07, 6.45) is 2.20. The second-order valence-corrected chi connectivity index (χ2v) is 5.27. The normalized spacial score (nSPS) is 15.5. The first-order valence-electron chi connectivity index (χ1n) is 5.38. The minimum absolute atomic E-state index is 0.0838. The summed E-state index contributed by atoms with van der Waals surface area (Å²) in [5, 5.41) is 2.09. The smallest absolute Gasteiger partial charge is 0.0795 e. The summed E-state index contributed by atoms with van der Waals surface area (Å²) in [4.78, 5) is 6.51. The Morgan fingerprint density at radius 2 is 2.33 bits per heavy atom. The number of hydrogen-bond donors (Lipinski definition) is 1. The minimum atomic E-state index is -0.0838. The van der Waals surface area contributed by atoms with Crippen LogP contribution in [-0.4, -0.2) is 29.0 Å². The Bertz CT molecular complexity index is 269. The maximum atomic E-state index is 6.20. The Balaban J connectivity index is 2.38. The molecular weight excluding hydrogens is 206 g/mol. The van der Waals surface area contributed by atoms with Gasteiger partial charge in [0.15, 0.2) is 0 Å². The van der Waals surface area contributed by atoms with Gasteiger partial charge in [-0.2, -0.15) is 0 Å². The molecule has 0 saturated heterocycles. The van der Waals surface area contributed by atoms with Crippen LogP contribution in [-0.2, 0) is 6.54 Å². The van der Waals surface area contributed by atoms with Gasteiger partial charge in [-0.05, 0) is 20.4 Å². The van der Waals surface area contributed by atoms with E-state index >= 15 is 0 Å². The van der Waals surface area contributed by atoms with Gasteiger partial charge in [0.2, 0.25) is 0 Å². The van der Waals surface area contributed by atoms with Gasteiger partial charge in [-0.25, -0.2) is 4.98 Å². The molecule has 1 atom stereocenters. The predicted molar refractivity (Wildman–Crippen MR) is 65.9 cm³/mol. The Hall–Kier alpha value is -0.450. The van der Waals surface area contributed by atoms with Crippen LogP contribution in [0, 0.1) is 0 Å². The number of thiazole rings is 1. The second-order valence-electron chi connectivity index (χ2n) is 4.56. The van der Waals surface area contributed by atoms with E-state index in [0.717, 1.165) is 31.6 Å². The number of aromatic nitrogens is 1. The standard InChI is InChI=1S/C11H21N3S/c1-4-5-11(2,12)8-14(3)6-10-7-15-9-13-10/h7,9H,4-6,8,12H2,1-3H3. The summed E-state index contributed by atoms with van der Waals surface area (Å²) in [7, 11) is 2.10. The maximum Gasteiger partial charge on any atom is 0.0795 e. The van der Waals surface area contributed by atoms with E-state index in [2.05, 4.69) is 36.2 Å². The molecule has 86 valence electrons. The van der Waals surface area contributed by atoms with Gasteiger partial charge in [-0.3, -0.25) is 4.90 Å². The second kappa shape index (κ2) is 5.58. The Labute approximate surface area is 96.3 Å². The van der Waals surface area contributed by atoms with Crippen molar-refractivity contribution in [2.45, 2.75) is 38.8 Å². The van der Waals surface area contributed by atoms with E-state index in [4.69, 9.17) is 5.73 Å². The maximum absolute atomic E-state index is 6.20. The van der Waals surface area contributed by atoms with Crippen molar-refractivity contribution >= 4 is 11.3 Å². The van der Waals surface area contributed by atoms with Crippen LogP contribution in [0.5, 0.6) is 0 Å². The fourth-order valence-electron chi connectivity index (χ4n) is 1.91. The van der Waals surface area contributed by atoms with Gasteiger partial charge >= 0.3 is 0 Å². The van der Waals surface area contributed by atoms with Gasteiger partial charge < -0.3 is 5.73 Å². The van der Waals surface area contributed by atoms with Crippen molar-refractivity contribution < 1.29 is 0 Å².